The summed E-state index contributed by atoms with van der Waals surface area (Å²) in [5.41, 5.74) is 5.68. The van der Waals surface area contributed by atoms with Crippen LogP contribution in [0.5, 0.6) is 0 Å². The van der Waals surface area contributed by atoms with Crippen LogP contribution in [0.15, 0.2) is 85.3 Å². The minimum atomic E-state index is -0.132. The molecule has 1 fully saturated rings. The molecule has 1 aliphatic rings. The second kappa shape index (κ2) is 13.1. The third-order valence-electron chi connectivity index (χ3n) is 8.05. The van der Waals surface area contributed by atoms with E-state index in [9.17, 15) is 15.3 Å². The number of nitrogens with zero attached hydrogens (tertiary/aromatic N) is 7. The van der Waals surface area contributed by atoms with Gasteiger partial charge in [0.05, 0.1) is 23.7 Å². The SMILES string of the molecule is Cn1cc(-c2ccc(N(C(=O)NCc3ccccc3)C3CCC(Nc4ncc(C#N)c(-c5ccc(C#N)[nH]5)n4)CC3)cc2)cn1. The average Bonchev–Trinajstić information content (AvgIpc) is 3.75. The fraction of sp³-hybridized carbons (Fsp3) is 0.235. The first-order valence-corrected chi connectivity index (χ1v) is 14.8. The Morgan fingerprint density at radius 2 is 1.76 bits per heavy atom. The van der Waals surface area contributed by atoms with Crippen LogP contribution in [0.2, 0.25) is 0 Å². The molecule has 0 bridgehead atoms. The van der Waals surface area contributed by atoms with Crippen LogP contribution >= 0.6 is 0 Å². The average molecular weight is 597 g/mol. The molecule has 0 saturated heterocycles. The summed E-state index contributed by atoms with van der Waals surface area (Å²) in [7, 11) is 1.89. The van der Waals surface area contributed by atoms with Gasteiger partial charge in [0.2, 0.25) is 5.95 Å². The predicted molar refractivity (Wildman–Crippen MR) is 171 cm³/mol. The summed E-state index contributed by atoms with van der Waals surface area (Å²) in [6, 6.07) is 25.5. The number of aryl methyl sites for hydroxylation is 1. The van der Waals surface area contributed by atoms with E-state index in [4.69, 9.17) is 0 Å². The van der Waals surface area contributed by atoms with Gasteiger partial charge in [0.1, 0.15) is 23.5 Å². The molecule has 2 aromatic carbocycles. The molecule has 6 rings (SSSR count). The van der Waals surface area contributed by atoms with Crippen LogP contribution in [-0.4, -0.2) is 42.8 Å². The molecule has 224 valence electrons. The van der Waals surface area contributed by atoms with Gasteiger partial charge in [0.25, 0.3) is 0 Å². The van der Waals surface area contributed by atoms with Gasteiger partial charge in [-0.2, -0.15) is 15.6 Å². The minimum absolute atomic E-state index is 0.00355. The van der Waals surface area contributed by atoms with Crippen LogP contribution in [-0.2, 0) is 13.6 Å². The van der Waals surface area contributed by atoms with Gasteiger partial charge in [-0.05, 0) is 61.1 Å². The lowest BCUT2D eigenvalue weighted by molar-refractivity contribution is 0.240. The molecular formula is C34H32N10O. The number of hydrogen-bond donors (Lipinski definition) is 3. The Labute approximate surface area is 261 Å². The Morgan fingerprint density at radius 1 is 0.978 bits per heavy atom. The Kier molecular flexibility index (Phi) is 8.51. The second-order valence-electron chi connectivity index (χ2n) is 11.1. The Balaban J connectivity index is 1.17. The Hall–Kier alpha value is -5.94. The van der Waals surface area contributed by atoms with Gasteiger partial charge >= 0.3 is 6.03 Å². The second-order valence-corrected chi connectivity index (χ2v) is 11.1. The molecular weight excluding hydrogens is 564 g/mol. The molecule has 1 aliphatic carbocycles. The lowest BCUT2D eigenvalue weighted by Crippen LogP contribution is -2.48. The van der Waals surface area contributed by atoms with Gasteiger partial charge < -0.3 is 15.6 Å². The normalized spacial score (nSPS) is 15.9. The summed E-state index contributed by atoms with van der Waals surface area (Å²) >= 11 is 0. The summed E-state index contributed by atoms with van der Waals surface area (Å²) in [5.74, 6) is 0.420. The third-order valence-corrected chi connectivity index (χ3v) is 8.05. The van der Waals surface area contributed by atoms with E-state index in [-0.39, 0.29) is 18.1 Å². The van der Waals surface area contributed by atoms with Crippen LogP contribution in [0, 0.1) is 22.7 Å². The third kappa shape index (κ3) is 6.68. The monoisotopic (exact) mass is 596 g/mol. The van der Waals surface area contributed by atoms with Crippen LogP contribution in [0.3, 0.4) is 0 Å². The Morgan fingerprint density at radius 3 is 2.42 bits per heavy atom. The van der Waals surface area contributed by atoms with E-state index in [0.29, 0.717) is 35.1 Å². The molecule has 3 aromatic heterocycles. The lowest BCUT2D eigenvalue weighted by atomic mass is 9.90. The van der Waals surface area contributed by atoms with E-state index in [1.807, 2.05) is 78.9 Å². The molecule has 3 N–H and O–H groups in total. The maximum Gasteiger partial charge on any atom is 0.322 e. The first-order chi connectivity index (χ1) is 22.0. The zero-order valence-corrected chi connectivity index (χ0v) is 24.8. The first kappa shape index (κ1) is 29.1. The number of aromatic nitrogens is 5. The zero-order valence-electron chi connectivity index (χ0n) is 24.8. The van der Waals surface area contributed by atoms with Crippen molar-refractivity contribution >= 4 is 17.7 Å². The number of nitrogens with one attached hydrogen (secondary N) is 3. The molecule has 5 aromatic rings. The summed E-state index contributed by atoms with van der Waals surface area (Å²) in [6.07, 6.45) is 8.47. The first-order valence-electron chi connectivity index (χ1n) is 14.8. The molecule has 11 nitrogen and oxygen atoms in total. The number of hydrogen-bond acceptors (Lipinski definition) is 7. The maximum absolute atomic E-state index is 13.7. The largest absolute Gasteiger partial charge is 0.351 e. The number of amides is 2. The van der Waals surface area contributed by atoms with Crippen molar-refractivity contribution in [2.24, 2.45) is 7.05 Å². The van der Waals surface area contributed by atoms with Gasteiger partial charge in [-0.15, -0.1) is 0 Å². The molecule has 1 saturated carbocycles. The van der Waals surface area contributed by atoms with Crippen molar-refractivity contribution in [3.05, 3.63) is 102 Å². The quantitative estimate of drug-likeness (QED) is 0.206. The van der Waals surface area contributed by atoms with Crippen molar-refractivity contribution in [1.82, 2.24) is 30.0 Å². The number of nitriles is 2. The van der Waals surface area contributed by atoms with Gasteiger partial charge in [-0.3, -0.25) is 9.58 Å². The van der Waals surface area contributed by atoms with Gasteiger partial charge in [0, 0.05) is 43.1 Å². The standard InChI is InChI=1S/C34H32N10O/c1-43-22-26(21-39-43)24-7-12-29(13-8-24)44(34(45)38-19-23-5-3-2-4-6-23)30-14-9-27(10-15-30)41-33-37-20-25(17-35)32(42-33)31-16-11-28(18-36)40-31/h2-8,11-13,16,20-22,27,30,40H,9-10,14-15,19H2,1H3,(H,38,45)(H,37,41,42). The highest BCUT2D eigenvalue weighted by Gasteiger charge is 2.30. The van der Waals surface area contributed by atoms with Crippen molar-refractivity contribution < 1.29 is 4.79 Å². The van der Waals surface area contributed by atoms with Gasteiger partial charge in [-0.1, -0.05) is 42.5 Å². The predicted octanol–water partition coefficient (Wildman–Crippen LogP) is 5.76. The van der Waals surface area contributed by atoms with Crippen molar-refractivity contribution in [2.75, 3.05) is 10.2 Å². The van der Waals surface area contributed by atoms with E-state index >= 15 is 0 Å². The van der Waals surface area contributed by atoms with Crippen molar-refractivity contribution in [2.45, 2.75) is 44.3 Å². The molecule has 45 heavy (non-hydrogen) atoms. The summed E-state index contributed by atoms with van der Waals surface area (Å²) < 4.78 is 1.77. The van der Waals surface area contributed by atoms with E-state index in [1.54, 1.807) is 16.8 Å². The number of aromatic amines is 1. The van der Waals surface area contributed by atoms with Gasteiger partial charge in [0.15, 0.2) is 0 Å². The van der Waals surface area contributed by atoms with Crippen molar-refractivity contribution in [1.29, 1.82) is 10.5 Å². The number of H-pyrrole nitrogens is 1. The number of carbonyl (C=O) groups is 1. The molecule has 2 amide bonds. The van der Waals surface area contributed by atoms with E-state index in [0.717, 1.165) is 48.1 Å². The van der Waals surface area contributed by atoms with Crippen LogP contribution in [0.25, 0.3) is 22.5 Å². The topological polar surface area (TPSA) is 151 Å². The molecule has 3 heterocycles. The van der Waals surface area contributed by atoms with Crippen LogP contribution in [0.1, 0.15) is 42.5 Å². The number of rotatable bonds is 8. The number of benzene rings is 2. The fourth-order valence-corrected chi connectivity index (χ4v) is 5.74. The highest BCUT2D eigenvalue weighted by atomic mass is 16.2. The fourth-order valence-electron chi connectivity index (χ4n) is 5.74. The number of urea groups is 1. The van der Waals surface area contributed by atoms with Crippen molar-refractivity contribution in [3.8, 4) is 34.7 Å². The minimum Gasteiger partial charge on any atom is -0.351 e. The van der Waals surface area contributed by atoms with E-state index in [1.165, 1.54) is 6.20 Å². The van der Waals surface area contributed by atoms with E-state index in [2.05, 4.69) is 42.8 Å². The number of anilines is 2. The molecule has 11 heteroatoms. The zero-order chi connectivity index (χ0) is 31.2. The van der Waals surface area contributed by atoms with Crippen LogP contribution < -0.4 is 15.5 Å². The van der Waals surface area contributed by atoms with E-state index < -0.39 is 0 Å². The molecule has 0 spiro atoms. The van der Waals surface area contributed by atoms with Crippen molar-refractivity contribution in [3.63, 3.8) is 0 Å². The summed E-state index contributed by atoms with van der Waals surface area (Å²) in [5, 5.41) is 29.6. The smallest absolute Gasteiger partial charge is 0.322 e. The maximum atomic E-state index is 13.7. The molecule has 0 radical (unpaired) electrons. The molecule has 0 aliphatic heterocycles. The lowest BCUT2D eigenvalue weighted by Gasteiger charge is -2.37. The summed E-state index contributed by atoms with van der Waals surface area (Å²) in [4.78, 5) is 27.6. The summed E-state index contributed by atoms with van der Waals surface area (Å²) in [6.45, 7) is 0.440. The highest BCUT2D eigenvalue weighted by molar-refractivity contribution is 5.93. The molecule has 0 unspecified atom stereocenters. The van der Waals surface area contributed by atoms with Gasteiger partial charge in [-0.25, -0.2) is 14.8 Å². The van der Waals surface area contributed by atoms with Crippen LogP contribution in [0.4, 0.5) is 16.4 Å². The molecule has 0 atom stereocenters. The number of carbonyl (C=O) groups excluding carboxylic acids is 1. The highest BCUT2D eigenvalue weighted by Crippen LogP contribution is 2.31. The Bertz CT molecular complexity index is 1860.